The monoisotopic (exact) mass is 317 g/mol. The zero-order valence-electron chi connectivity index (χ0n) is 11.5. The summed E-state index contributed by atoms with van der Waals surface area (Å²) in [6, 6.07) is 5.65. The highest BCUT2D eigenvalue weighted by Crippen LogP contribution is 2.35. The van der Waals surface area contributed by atoms with Crippen LogP contribution in [0.15, 0.2) is 18.2 Å². The van der Waals surface area contributed by atoms with Crippen molar-refractivity contribution in [2.24, 2.45) is 11.8 Å². The van der Waals surface area contributed by atoms with Gasteiger partial charge in [0.25, 0.3) is 0 Å². The molecule has 3 rings (SSSR count). The summed E-state index contributed by atoms with van der Waals surface area (Å²) < 4.78 is 6.03. The van der Waals surface area contributed by atoms with Crippen LogP contribution in [-0.4, -0.2) is 30.4 Å². The minimum Gasteiger partial charge on any atom is -0.487 e. The molecule has 0 bridgehead atoms. The molecule has 2 aliphatic rings. The molecule has 0 aromatic heterocycles. The quantitative estimate of drug-likeness (QED) is 0.881. The number of ether oxygens (including phenoxy) is 1. The van der Waals surface area contributed by atoms with E-state index in [1.54, 1.807) is 0 Å². The van der Waals surface area contributed by atoms with E-state index >= 15 is 0 Å². The number of benzene rings is 1. The number of hydrogen-bond donors (Lipinski definition) is 2. The lowest BCUT2D eigenvalue weighted by Crippen LogP contribution is -2.42. The van der Waals surface area contributed by atoms with Gasteiger partial charge in [-0.2, -0.15) is 0 Å². The summed E-state index contributed by atoms with van der Waals surface area (Å²) >= 11 is 6.01. The Labute approximate surface area is 131 Å². The van der Waals surface area contributed by atoms with Crippen LogP contribution in [0.4, 0.5) is 0 Å². The molecule has 112 valence electrons. The van der Waals surface area contributed by atoms with Gasteiger partial charge in [-0.05, 0) is 62.4 Å². The number of rotatable bonds is 2. The topological polar surface area (TPSA) is 41.5 Å². The highest BCUT2D eigenvalue weighted by atomic mass is 35.5. The number of hydrogen-bond acceptors (Lipinski definition) is 3. The van der Waals surface area contributed by atoms with E-state index < -0.39 is 0 Å². The predicted octanol–water partition coefficient (Wildman–Crippen LogP) is 2.81. The molecule has 1 aromatic rings. The van der Waals surface area contributed by atoms with E-state index in [0.29, 0.717) is 16.9 Å². The van der Waals surface area contributed by atoms with Gasteiger partial charge in [0.2, 0.25) is 0 Å². The van der Waals surface area contributed by atoms with Crippen molar-refractivity contribution in [3.63, 3.8) is 0 Å². The van der Waals surface area contributed by atoms with Gasteiger partial charge in [0.05, 0.1) is 6.10 Å². The number of aliphatic hydroxyl groups excluding tert-OH is 1. The normalized spacial score (nSPS) is 32.4. The minimum absolute atomic E-state index is 0. The summed E-state index contributed by atoms with van der Waals surface area (Å²) in [4.78, 5) is 0. The van der Waals surface area contributed by atoms with Crippen molar-refractivity contribution in [3.8, 4) is 5.75 Å². The fourth-order valence-electron chi connectivity index (χ4n) is 3.25. The number of aryl methyl sites for hydroxylation is 1. The molecular formula is C15H21Cl2NO2. The van der Waals surface area contributed by atoms with Gasteiger partial charge in [0, 0.05) is 5.02 Å². The molecule has 3 nitrogen and oxygen atoms in total. The Morgan fingerprint density at radius 2 is 1.95 bits per heavy atom. The average Bonchev–Trinajstić information content (AvgIpc) is 2.81. The summed E-state index contributed by atoms with van der Waals surface area (Å²) in [6.07, 6.45) is 1.27. The first kappa shape index (κ1) is 15.9. The molecule has 0 radical (unpaired) electrons. The summed E-state index contributed by atoms with van der Waals surface area (Å²) in [5.41, 5.74) is 1.06. The molecule has 0 spiro atoms. The molecule has 2 fully saturated rings. The first-order chi connectivity index (χ1) is 9.13. The Hall–Kier alpha value is -0.480. The molecule has 5 heteroatoms. The van der Waals surface area contributed by atoms with E-state index in [-0.39, 0.29) is 24.6 Å². The molecule has 2 N–H and O–H groups in total. The van der Waals surface area contributed by atoms with Gasteiger partial charge in [-0.3, -0.25) is 0 Å². The molecule has 0 unspecified atom stereocenters. The van der Waals surface area contributed by atoms with Crippen LogP contribution >= 0.6 is 24.0 Å². The highest BCUT2D eigenvalue weighted by molar-refractivity contribution is 6.30. The Morgan fingerprint density at radius 1 is 1.25 bits per heavy atom. The van der Waals surface area contributed by atoms with Gasteiger partial charge in [0.15, 0.2) is 0 Å². The maximum Gasteiger partial charge on any atom is 0.125 e. The van der Waals surface area contributed by atoms with Crippen LogP contribution in [0.25, 0.3) is 0 Å². The lowest BCUT2D eigenvalue weighted by Gasteiger charge is -2.35. The SMILES string of the molecule is Cc1ccc(Cl)cc1O[C@@H]1C[C@@H]2CNC[C@@H]2C[C@H]1O.Cl. The van der Waals surface area contributed by atoms with Crippen molar-refractivity contribution in [1.82, 2.24) is 5.32 Å². The molecule has 4 atom stereocenters. The van der Waals surface area contributed by atoms with Crippen molar-refractivity contribution >= 4 is 24.0 Å². The fourth-order valence-corrected chi connectivity index (χ4v) is 3.41. The standard InChI is InChI=1S/C15H20ClNO2.ClH/c1-9-2-3-12(16)6-14(9)19-15-5-11-8-17-7-10(11)4-13(15)18;/h2-3,6,10-11,13,15,17-18H,4-5,7-8H2,1H3;1H/t10-,11+,13+,15+;/m0./s1. The summed E-state index contributed by atoms with van der Waals surface area (Å²) in [6.45, 7) is 4.08. The highest BCUT2D eigenvalue weighted by Gasteiger charge is 2.39. The van der Waals surface area contributed by atoms with Crippen LogP contribution in [0, 0.1) is 18.8 Å². The second-order valence-electron chi connectivity index (χ2n) is 5.78. The van der Waals surface area contributed by atoms with Gasteiger partial charge in [-0.25, -0.2) is 0 Å². The number of aliphatic hydroxyl groups is 1. The van der Waals surface area contributed by atoms with Gasteiger partial charge in [-0.1, -0.05) is 17.7 Å². The summed E-state index contributed by atoms with van der Waals surface area (Å²) in [5.74, 6) is 2.03. The molecular weight excluding hydrogens is 297 g/mol. The van der Waals surface area contributed by atoms with Crippen molar-refractivity contribution in [1.29, 1.82) is 0 Å². The molecule has 1 heterocycles. The molecule has 1 aromatic carbocycles. The van der Waals surface area contributed by atoms with Crippen LogP contribution in [0.5, 0.6) is 5.75 Å². The first-order valence-corrected chi connectivity index (χ1v) is 7.33. The largest absolute Gasteiger partial charge is 0.487 e. The maximum absolute atomic E-state index is 10.3. The fraction of sp³-hybridized carbons (Fsp3) is 0.600. The van der Waals surface area contributed by atoms with E-state index in [4.69, 9.17) is 16.3 Å². The van der Waals surface area contributed by atoms with Crippen molar-refractivity contribution in [3.05, 3.63) is 28.8 Å². The molecule has 20 heavy (non-hydrogen) atoms. The third-order valence-corrected chi connectivity index (χ3v) is 4.65. The smallest absolute Gasteiger partial charge is 0.125 e. The predicted molar refractivity (Wildman–Crippen MR) is 82.9 cm³/mol. The van der Waals surface area contributed by atoms with E-state index in [1.807, 2.05) is 25.1 Å². The van der Waals surface area contributed by atoms with Crippen molar-refractivity contribution < 1.29 is 9.84 Å². The van der Waals surface area contributed by atoms with Crippen molar-refractivity contribution in [2.45, 2.75) is 32.0 Å². The summed E-state index contributed by atoms with van der Waals surface area (Å²) in [7, 11) is 0. The Balaban J connectivity index is 0.00000147. The van der Waals surface area contributed by atoms with E-state index in [0.717, 1.165) is 37.2 Å². The molecule has 1 saturated heterocycles. The van der Waals surface area contributed by atoms with Crippen molar-refractivity contribution in [2.75, 3.05) is 13.1 Å². The zero-order chi connectivity index (χ0) is 13.4. The molecule has 1 aliphatic carbocycles. The minimum atomic E-state index is -0.375. The number of halogens is 2. The number of nitrogens with one attached hydrogen (secondary N) is 1. The zero-order valence-corrected chi connectivity index (χ0v) is 13.1. The third-order valence-electron chi connectivity index (χ3n) is 4.42. The lowest BCUT2D eigenvalue weighted by atomic mass is 9.78. The number of fused-ring (bicyclic) bond motifs is 1. The summed E-state index contributed by atoms with van der Waals surface area (Å²) in [5, 5.41) is 14.3. The van der Waals surface area contributed by atoms with E-state index in [9.17, 15) is 5.11 Å². The van der Waals surface area contributed by atoms with Crippen LogP contribution in [0.3, 0.4) is 0 Å². The third kappa shape index (κ3) is 3.22. The van der Waals surface area contributed by atoms with Gasteiger partial charge >= 0.3 is 0 Å². The van der Waals surface area contributed by atoms with Crippen LogP contribution in [0.1, 0.15) is 18.4 Å². The van der Waals surface area contributed by atoms with E-state index in [2.05, 4.69) is 5.32 Å². The van der Waals surface area contributed by atoms with Gasteiger partial charge in [0.1, 0.15) is 11.9 Å². The Morgan fingerprint density at radius 3 is 2.70 bits per heavy atom. The second-order valence-corrected chi connectivity index (χ2v) is 6.22. The Kier molecular flexibility index (Phi) is 5.19. The van der Waals surface area contributed by atoms with Crippen LogP contribution < -0.4 is 10.1 Å². The molecule has 1 saturated carbocycles. The maximum atomic E-state index is 10.3. The Bertz CT molecular complexity index is 469. The van der Waals surface area contributed by atoms with Crippen LogP contribution in [-0.2, 0) is 0 Å². The second kappa shape index (κ2) is 6.52. The first-order valence-electron chi connectivity index (χ1n) is 6.95. The van der Waals surface area contributed by atoms with Gasteiger partial charge < -0.3 is 15.2 Å². The van der Waals surface area contributed by atoms with Crippen LogP contribution in [0.2, 0.25) is 5.02 Å². The van der Waals surface area contributed by atoms with Gasteiger partial charge in [-0.15, -0.1) is 12.4 Å². The molecule has 0 amide bonds. The molecule has 1 aliphatic heterocycles. The van der Waals surface area contributed by atoms with E-state index in [1.165, 1.54) is 0 Å². The lowest BCUT2D eigenvalue weighted by molar-refractivity contribution is -0.0234. The average molecular weight is 318 g/mol.